The Morgan fingerprint density at radius 1 is 0.292 bits per heavy atom. The lowest BCUT2D eigenvalue weighted by molar-refractivity contribution is -0.167. The van der Waals surface area contributed by atoms with Gasteiger partial charge in [-0.2, -0.15) is 0 Å². The third-order valence-corrected chi connectivity index (χ3v) is 12.8. The second kappa shape index (κ2) is 59.9. The Balaban J connectivity index is 4.32. The number of hydrogen-bond donors (Lipinski definition) is 0. The summed E-state index contributed by atoms with van der Waals surface area (Å²) in [6.07, 6.45) is 79.7. The monoisotopic (exact) mass is 1000 g/mol. The number of ether oxygens (including phenoxy) is 3. The first-order valence-electron chi connectivity index (χ1n) is 30.2. The average Bonchev–Trinajstić information content (AvgIpc) is 3.38. The maximum atomic E-state index is 12.9. The standard InChI is InChI=1S/C66H112O6/c1-4-7-10-13-16-19-22-25-27-29-30-31-32-33-34-35-36-38-39-41-44-47-50-53-56-59-65(68)71-62-63(61-70-64(67)58-55-52-49-46-43-24-21-18-15-12-9-6-3)72-66(69)60-57-54-51-48-45-42-40-37-28-26-23-20-17-14-11-8-5-2/h7-8,10-11,16-17,19-20,25-28,30-31,33-34,63H,4-6,9,12-15,18,21-24,29,32,35-62H2,1-3H3/b10-7-,11-8-,19-16-,20-17-,27-25-,28-26-,31-30-,34-33-. The molecule has 412 valence electrons. The largest absolute Gasteiger partial charge is 0.462 e. The smallest absolute Gasteiger partial charge is 0.306 e. The molecule has 0 aromatic heterocycles. The van der Waals surface area contributed by atoms with Crippen molar-refractivity contribution in [1.29, 1.82) is 0 Å². The van der Waals surface area contributed by atoms with Gasteiger partial charge in [-0.1, -0.05) is 266 Å². The molecular weight excluding hydrogens is 889 g/mol. The van der Waals surface area contributed by atoms with Crippen LogP contribution in [0.4, 0.5) is 0 Å². The van der Waals surface area contributed by atoms with E-state index in [-0.39, 0.29) is 31.1 Å². The van der Waals surface area contributed by atoms with Crippen molar-refractivity contribution >= 4 is 17.9 Å². The number of esters is 3. The average molecular weight is 1000 g/mol. The van der Waals surface area contributed by atoms with Gasteiger partial charge in [0.25, 0.3) is 0 Å². The van der Waals surface area contributed by atoms with Gasteiger partial charge >= 0.3 is 17.9 Å². The highest BCUT2D eigenvalue weighted by Crippen LogP contribution is 2.16. The predicted octanol–water partition coefficient (Wildman–Crippen LogP) is 20.5. The quantitative estimate of drug-likeness (QED) is 0.0261. The highest BCUT2D eigenvalue weighted by Gasteiger charge is 2.19. The maximum absolute atomic E-state index is 12.9. The highest BCUT2D eigenvalue weighted by atomic mass is 16.6. The van der Waals surface area contributed by atoms with E-state index in [1.165, 1.54) is 122 Å². The van der Waals surface area contributed by atoms with Crippen molar-refractivity contribution in [2.45, 2.75) is 290 Å². The number of hydrogen-bond acceptors (Lipinski definition) is 6. The Kier molecular flexibility index (Phi) is 56.8. The Hall–Kier alpha value is -3.67. The maximum Gasteiger partial charge on any atom is 0.306 e. The fraction of sp³-hybridized carbons (Fsp3) is 0.712. The molecule has 0 aliphatic rings. The minimum absolute atomic E-state index is 0.0813. The molecule has 1 unspecified atom stereocenters. The molecule has 0 bridgehead atoms. The Bertz CT molecular complexity index is 1430. The summed E-state index contributed by atoms with van der Waals surface area (Å²) in [6, 6.07) is 0. The fourth-order valence-corrected chi connectivity index (χ4v) is 8.37. The number of allylic oxidation sites excluding steroid dienone is 16. The summed E-state index contributed by atoms with van der Waals surface area (Å²) < 4.78 is 16.9. The van der Waals surface area contributed by atoms with Gasteiger partial charge in [-0.15, -0.1) is 0 Å². The predicted molar refractivity (Wildman–Crippen MR) is 311 cm³/mol. The van der Waals surface area contributed by atoms with Gasteiger partial charge in [-0.25, -0.2) is 0 Å². The van der Waals surface area contributed by atoms with Crippen LogP contribution in [0.2, 0.25) is 0 Å². The van der Waals surface area contributed by atoms with Crippen molar-refractivity contribution in [3.05, 3.63) is 97.2 Å². The van der Waals surface area contributed by atoms with Crippen molar-refractivity contribution in [2.75, 3.05) is 13.2 Å². The first-order chi connectivity index (χ1) is 35.5. The molecule has 0 saturated heterocycles. The van der Waals surface area contributed by atoms with Crippen LogP contribution in [-0.4, -0.2) is 37.2 Å². The van der Waals surface area contributed by atoms with Gasteiger partial charge in [-0.05, 0) is 96.3 Å². The molecule has 0 heterocycles. The van der Waals surface area contributed by atoms with E-state index in [0.29, 0.717) is 19.3 Å². The zero-order valence-electron chi connectivity index (χ0n) is 47.2. The SMILES string of the molecule is CC/C=C\C/C=C\C/C=C\C/C=C\C/C=C\CCCCCCCCCCCC(=O)OCC(COC(=O)CCCCCCCCCCCCCC)OC(=O)CCCCCCCCC/C=C\C/C=C\C/C=C\CC. The van der Waals surface area contributed by atoms with Crippen LogP contribution in [0.5, 0.6) is 0 Å². The molecule has 0 fully saturated rings. The van der Waals surface area contributed by atoms with Crippen LogP contribution in [-0.2, 0) is 28.6 Å². The Labute approximate surface area is 445 Å². The summed E-state index contributed by atoms with van der Waals surface area (Å²) in [6.45, 7) is 6.42. The molecule has 0 aliphatic carbocycles. The molecule has 0 aromatic carbocycles. The van der Waals surface area contributed by atoms with Crippen molar-refractivity contribution in [3.8, 4) is 0 Å². The molecule has 72 heavy (non-hydrogen) atoms. The second-order valence-corrected chi connectivity index (χ2v) is 19.9. The summed E-state index contributed by atoms with van der Waals surface area (Å²) in [5, 5.41) is 0. The van der Waals surface area contributed by atoms with E-state index in [4.69, 9.17) is 14.2 Å². The number of unbranched alkanes of at least 4 members (excludes halogenated alkanes) is 27. The van der Waals surface area contributed by atoms with E-state index in [2.05, 4.69) is 118 Å². The van der Waals surface area contributed by atoms with Crippen molar-refractivity contribution < 1.29 is 28.6 Å². The minimum Gasteiger partial charge on any atom is -0.462 e. The number of carbonyl (C=O) groups excluding carboxylic acids is 3. The zero-order chi connectivity index (χ0) is 52.2. The lowest BCUT2D eigenvalue weighted by Crippen LogP contribution is -2.30. The zero-order valence-corrected chi connectivity index (χ0v) is 47.2. The molecule has 0 spiro atoms. The third-order valence-electron chi connectivity index (χ3n) is 12.8. The van der Waals surface area contributed by atoms with E-state index in [1.807, 2.05) is 0 Å². The lowest BCUT2D eigenvalue weighted by Gasteiger charge is -2.18. The molecule has 0 saturated carbocycles. The molecule has 6 heteroatoms. The van der Waals surface area contributed by atoms with Crippen LogP contribution in [0.25, 0.3) is 0 Å². The molecule has 0 aromatic rings. The molecular formula is C66H112O6. The van der Waals surface area contributed by atoms with Gasteiger partial charge in [0, 0.05) is 19.3 Å². The van der Waals surface area contributed by atoms with Crippen LogP contribution >= 0.6 is 0 Å². The topological polar surface area (TPSA) is 78.9 Å². The van der Waals surface area contributed by atoms with Crippen molar-refractivity contribution in [3.63, 3.8) is 0 Å². The van der Waals surface area contributed by atoms with Crippen LogP contribution in [0.3, 0.4) is 0 Å². The van der Waals surface area contributed by atoms with Gasteiger partial charge < -0.3 is 14.2 Å². The van der Waals surface area contributed by atoms with Crippen molar-refractivity contribution in [2.24, 2.45) is 0 Å². The van der Waals surface area contributed by atoms with Crippen molar-refractivity contribution in [1.82, 2.24) is 0 Å². The lowest BCUT2D eigenvalue weighted by atomic mass is 10.0. The fourth-order valence-electron chi connectivity index (χ4n) is 8.37. The summed E-state index contributed by atoms with van der Waals surface area (Å²) in [7, 11) is 0. The van der Waals surface area contributed by atoms with Crippen LogP contribution in [0.15, 0.2) is 97.2 Å². The third kappa shape index (κ3) is 57.2. The van der Waals surface area contributed by atoms with Crippen LogP contribution in [0, 0.1) is 0 Å². The van der Waals surface area contributed by atoms with E-state index >= 15 is 0 Å². The van der Waals surface area contributed by atoms with Gasteiger partial charge in [0.05, 0.1) is 0 Å². The van der Waals surface area contributed by atoms with E-state index in [9.17, 15) is 14.4 Å². The summed E-state index contributed by atoms with van der Waals surface area (Å²) >= 11 is 0. The summed E-state index contributed by atoms with van der Waals surface area (Å²) in [5.41, 5.74) is 0. The van der Waals surface area contributed by atoms with Gasteiger partial charge in [0.1, 0.15) is 13.2 Å². The molecule has 0 aliphatic heterocycles. The summed E-state index contributed by atoms with van der Waals surface area (Å²) in [5.74, 6) is -0.891. The number of carbonyl (C=O) groups is 3. The first kappa shape index (κ1) is 68.3. The normalized spacial score (nSPS) is 12.8. The minimum atomic E-state index is -0.785. The highest BCUT2D eigenvalue weighted by molar-refractivity contribution is 5.71. The molecule has 6 nitrogen and oxygen atoms in total. The Morgan fingerprint density at radius 3 is 0.847 bits per heavy atom. The van der Waals surface area contributed by atoms with Gasteiger partial charge in [-0.3, -0.25) is 14.4 Å². The Morgan fingerprint density at radius 2 is 0.542 bits per heavy atom. The number of rotatable bonds is 54. The van der Waals surface area contributed by atoms with E-state index in [1.54, 1.807) is 0 Å². The van der Waals surface area contributed by atoms with E-state index < -0.39 is 6.10 Å². The molecule has 0 radical (unpaired) electrons. The van der Waals surface area contributed by atoms with Gasteiger partial charge in [0.2, 0.25) is 0 Å². The van der Waals surface area contributed by atoms with E-state index in [0.717, 1.165) is 122 Å². The van der Waals surface area contributed by atoms with Crippen LogP contribution in [0.1, 0.15) is 284 Å². The second-order valence-electron chi connectivity index (χ2n) is 19.9. The molecule has 0 N–H and O–H groups in total. The van der Waals surface area contributed by atoms with Crippen LogP contribution < -0.4 is 0 Å². The first-order valence-corrected chi connectivity index (χ1v) is 30.2. The molecule has 1 atom stereocenters. The molecule has 0 amide bonds. The molecule has 0 rings (SSSR count). The summed E-state index contributed by atoms with van der Waals surface area (Å²) in [4.78, 5) is 38.2. The van der Waals surface area contributed by atoms with Gasteiger partial charge in [0.15, 0.2) is 6.10 Å².